The lowest BCUT2D eigenvalue weighted by Gasteiger charge is -2.30. The Kier molecular flexibility index (Phi) is 5.09. The van der Waals surface area contributed by atoms with Crippen molar-refractivity contribution in [2.24, 2.45) is 0 Å². The largest absolute Gasteiger partial charge is 0.496 e. The standard InChI is InChI=1S/C14H17ClO2S2/c1-8-9(2)19-13(7-18-8)14(16)11-6-10(15)4-5-12(11)17-3/h4-6,8-9,13H,7H2,1-3H3. The molecule has 0 bridgehead atoms. The van der Waals surface area contributed by atoms with Crippen LogP contribution in [-0.2, 0) is 0 Å². The number of benzene rings is 1. The van der Waals surface area contributed by atoms with Gasteiger partial charge in [0.25, 0.3) is 0 Å². The molecule has 0 radical (unpaired) electrons. The van der Waals surface area contributed by atoms with E-state index in [0.29, 0.717) is 26.8 Å². The van der Waals surface area contributed by atoms with Crippen molar-refractivity contribution in [2.75, 3.05) is 12.9 Å². The number of hydrogen-bond donors (Lipinski definition) is 0. The Morgan fingerprint density at radius 2 is 2.11 bits per heavy atom. The van der Waals surface area contributed by atoms with Crippen LogP contribution in [0.5, 0.6) is 5.75 Å². The van der Waals surface area contributed by atoms with Crippen LogP contribution < -0.4 is 4.74 Å². The number of carbonyl (C=O) groups excluding carboxylic acids is 1. The van der Waals surface area contributed by atoms with Gasteiger partial charge in [0, 0.05) is 21.3 Å². The Bertz CT molecular complexity index is 479. The maximum atomic E-state index is 12.6. The number of thioether (sulfide) groups is 2. The van der Waals surface area contributed by atoms with Gasteiger partial charge >= 0.3 is 0 Å². The lowest BCUT2D eigenvalue weighted by Crippen LogP contribution is -2.31. The highest BCUT2D eigenvalue weighted by Gasteiger charge is 2.32. The molecule has 1 aliphatic heterocycles. The maximum Gasteiger partial charge on any atom is 0.180 e. The molecule has 0 N–H and O–H groups in total. The minimum atomic E-state index is -0.0106. The van der Waals surface area contributed by atoms with Gasteiger partial charge in [0.15, 0.2) is 5.78 Å². The number of ether oxygens (including phenoxy) is 1. The van der Waals surface area contributed by atoms with Crippen molar-refractivity contribution in [1.29, 1.82) is 0 Å². The second kappa shape index (κ2) is 6.42. The Balaban J connectivity index is 2.22. The summed E-state index contributed by atoms with van der Waals surface area (Å²) in [6.45, 7) is 4.39. The Labute approximate surface area is 127 Å². The normalized spacial score (nSPS) is 27.1. The highest BCUT2D eigenvalue weighted by Crippen LogP contribution is 2.38. The van der Waals surface area contributed by atoms with Crippen molar-refractivity contribution in [3.63, 3.8) is 0 Å². The van der Waals surface area contributed by atoms with Gasteiger partial charge in [0.1, 0.15) is 5.75 Å². The number of methoxy groups -OCH3 is 1. The summed E-state index contributed by atoms with van der Waals surface area (Å²) in [5.41, 5.74) is 0.592. The third kappa shape index (κ3) is 3.41. The van der Waals surface area contributed by atoms with Crippen molar-refractivity contribution < 1.29 is 9.53 Å². The zero-order chi connectivity index (χ0) is 14.0. The Hall–Kier alpha value is -0.320. The Morgan fingerprint density at radius 3 is 2.74 bits per heavy atom. The smallest absolute Gasteiger partial charge is 0.180 e. The van der Waals surface area contributed by atoms with Gasteiger partial charge in [-0.25, -0.2) is 0 Å². The predicted octanol–water partition coefficient (Wildman–Crippen LogP) is 4.16. The van der Waals surface area contributed by atoms with Gasteiger partial charge in [-0.2, -0.15) is 11.8 Å². The second-order valence-corrected chi connectivity index (χ2v) is 8.01. The molecule has 1 aliphatic rings. The second-order valence-electron chi connectivity index (χ2n) is 4.58. The number of ketones is 1. The predicted molar refractivity (Wildman–Crippen MR) is 85.1 cm³/mol. The molecule has 104 valence electrons. The van der Waals surface area contributed by atoms with Crippen LogP contribution in [0.2, 0.25) is 5.02 Å². The fourth-order valence-electron chi connectivity index (χ4n) is 1.97. The van der Waals surface area contributed by atoms with Crippen LogP contribution in [0.15, 0.2) is 18.2 Å². The number of Topliss-reactive ketones (excluding diaryl/α,β-unsaturated/α-hetero) is 1. The van der Waals surface area contributed by atoms with E-state index in [1.807, 2.05) is 11.8 Å². The van der Waals surface area contributed by atoms with Crippen LogP contribution >= 0.6 is 35.1 Å². The van der Waals surface area contributed by atoms with Gasteiger partial charge in [-0.05, 0) is 18.2 Å². The molecule has 1 saturated heterocycles. The summed E-state index contributed by atoms with van der Waals surface area (Å²) in [5, 5.41) is 1.63. The quantitative estimate of drug-likeness (QED) is 0.782. The average Bonchev–Trinajstić information content (AvgIpc) is 2.41. The van der Waals surface area contributed by atoms with Gasteiger partial charge in [-0.1, -0.05) is 25.4 Å². The first-order valence-electron chi connectivity index (χ1n) is 6.17. The van der Waals surface area contributed by atoms with Gasteiger partial charge in [0.2, 0.25) is 0 Å². The number of carbonyl (C=O) groups is 1. The monoisotopic (exact) mass is 316 g/mol. The van der Waals surface area contributed by atoms with E-state index in [4.69, 9.17) is 16.3 Å². The van der Waals surface area contributed by atoms with Gasteiger partial charge in [-0.15, -0.1) is 11.8 Å². The van der Waals surface area contributed by atoms with Crippen LogP contribution in [0.25, 0.3) is 0 Å². The molecular weight excluding hydrogens is 300 g/mol. The van der Waals surface area contributed by atoms with Crippen molar-refractivity contribution in [3.05, 3.63) is 28.8 Å². The fourth-order valence-corrected chi connectivity index (χ4v) is 5.01. The molecule has 2 rings (SSSR count). The van der Waals surface area contributed by atoms with Crippen LogP contribution in [0, 0.1) is 0 Å². The summed E-state index contributed by atoms with van der Waals surface area (Å²) in [4.78, 5) is 12.6. The molecule has 1 fully saturated rings. The zero-order valence-electron chi connectivity index (χ0n) is 11.2. The van der Waals surface area contributed by atoms with Crippen LogP contribution in [0.4, 0.5) is 0 Å². The maximum absolute atomic E-state index is 12.6. The minimum Gasteiger partial charge on any atom is -0.496 e. The van der Waals surface area contributed by atoms with E-state index in [1.165, 1.54) is 0 Å². The van der Waals surface area contributed by atoms with Crippen LogP contribution in [0.1, 0.15) is 24.2 Å². The van der Waals surface area contributed by atoms with Gasteiger partial charge < -0.3 is 4.74 Å². The zero-order valence-corrected chi connectivity index (χ0v) is 13.6. The van der Waals surface area contributed by atoms with E-state index < -0.39 is 0 Å². The summed E-state index contributed by atoms with van der Waals surface area (Å²) < 4.78 is 5.26. The summed E-state index contributed by atoms with van der Waals surface area (Å²) in [6.07, 6.45) is 0. The van der Waals surface area contributed by atoms with Gasteiger partial charge in [-0.3, -0.25) is 4.79 Å². The molecular formula is C14H17ClO2S2. The van der Waals surface area contributed by atoms with E-state index >= 15 is 0 Å². The third-order valence-corrected chi connectivity index (χ3v) is 6.89. The average molecular weight is 317 g/mol. The van der Waals surface area contributed by atoms with Crippen LogP contribution in [0.3, 0.4) is 0 Å². The van der Waals surface area contributed by atoms with Crippen molar-refractivity contribution >= 4 is 40.9 Å². The molecule has 0 aliphatic carbocycles. The summed E-state index contributed by atoms with van der Waals surface area (Å²) in [6, 6.07) is 5.20. The van der Waals surface area contributed by atoms with Crippen molar-refractivity contribution in [3.8, 4) is 5.75 Å². The molecule has 0 saturated carbocycles. The van der Waals surface area contributed by atoms with E-state index in [2.05, 4.69) is 13.8 Å². The lowest BCUT2D eigenvalue weighted by molar-refractivity contribution is 0.0992. The number of rotatable bonds is 3. The molecule has 3 unspecified atom stereocenters. The Morgan fingerprint density at radius 1 is 1.37 bits per heavy atom. The first-order chi connectivity index (χ1) is 9.02. The lowest BCUT2D eigenvalue weighted by atomic mass is 10.1. The summed E-state index contributed by atoms with van der Waals surface area (Å²) >= 11 is 9.60. The van der Waals surface area contributed by atoms with Crippen LogP contribution in [-0.4, -0.2) is 34.4 Å². The SMILES string of the molecule is COc1ccc(Cl)cc1C(=O)C1CSC(C)C(C)S1. The van der Waals surface area contributed by atoms with E-state index in [-0.39, 0.29) is 11.0 Å². The van der Waals surface area contributed by atoms with Crippen molar-refractivity contribution in [2.45, 2.75) is 29.6 Å². The molecule has 1 heterocycles. The summed E-state index contributed by atoms with van der Waals surface area (Å²) in [7, 11) is 1.58. The molecule has 1 aromatic rings. The highest BCUT2D eigenvalue weighted by atomic mass is 35.5. The molecule has 1 aromatic carbocycles. The first-order valence-corrected chi connectivity index (χ1v) is 8.54. The first kappa shape index (κ1) is 15.1. The van der Waals surface area contributed by atoms with E-state index in [1.54, 1.807) is 37.1 Å². The summed E-state index contributed by atoms with van der Waals surface area (Å²) in [5.74, 6) is 1.58. The van der Waals surface area contributed by atoms with Crippen molar-refractivity contribution in [1.82, 2.24) is 0 Å². The molecule has 5 heteroatoms. The number of halogens is 1. The molecule has 0 aromatic heterocycles. The topological polar surface area (TPSA) is 26.3 Å². The molecule has 0 amide bonds. The molecule has 3 atom stereocenters. The highest BCUT2D eigenvalue weighted by molar-refractivity contribution is 8.08. The molecule has 2 nitrogen and oxygen atoms in total. The van der Waals surface area contributed by atoms with E-state index in [0.717, 1.165) is 5.75 Å². The van der Waals surface area contributed by atoms with E-state index in [9.17, 15) is 4.79 Å². The molecule has 19 heavy (non-hydrogen) atoms. The number of hydrogen-bond acceptors (Lipinski definition) is 4. The third-order valence-electron chi connectivity index (χ3n) is 3.27. The van der Waals surface area contributed by atoms with Gasteiger partial charge in [0.05, 0.1) is 17.9 Å². The fraction of sp³-hybridized carbons (Fsp3) is 0.500. The molecule has 0 spiro atoms. The minimum absolute atomic E-state index is 0.0106.